The fraction of sp³-hybridized carbons (Fsp3) is 1.00. The minimum atomic E-state index is -0.0957. The Morgan fingerprint density at radius 3 is 2.38 bits per heavy atom. The first-order valence-electron chi connectivity index (χ1n) is 6.73. The predicted molar refractivity (Wildman–Crippen MR) is 64.4 cm³/mol. The summed E-state index contributed by atoms with van der Waals surface area (Å²) in [5, 5.41) is 10.2. The van der Waals surface area contributed by atoms with Gasteiger partial charge in [0.1, 0.15) is 0 Å². The summed E-state index contributed by atoms with van der Waals surface area (Å²) in [5.41, 5.74) is 0. The summed E-state index contributed by atoms with van der Waals surface area (Å²) in [6.45, 7) is 3.05. The Morgan fingerprint density at radius 2 is 1.81 bits per heavy atom. The van der Waals surface area contributed by atoms with Crippen molar-refractivity contribution in [2.75, 3.05) is 26.7 Å². The maximum Gasteiger partial charge on any atom is 0.0695 e. The molecule has 0 bridgehead atoms. The zero-order chi connectivity index (χ0) is 11.4. The summed E-state index contributed by atoms with van der Waals surface area (Å²) in [6.07, 6.45) is 7.68. The molecule has 0 spiro atoms. The van der Waals surface area contributed by atoms with E-state index in [-0.39, 0.29) is 6.10 Å². The van der Waals surface area contributed by atoms with E-state index in [1.54, 1.807) is 7.11 Å². The number of β-amino-alcohol motifs (C(OH)–C–C–N with tert-alkyl or cyclic N) is 1. The molecule has 2 aliphatic rings. The Balaban J connectivity index is 1.69. The van der Waals surface area contributed by atoms with Crippen molar-refractivity contribution < 1.29 is 9.84 Å². The van der Waals surface area contributed by atoms with Gasteiger partial charge in [-0.25, -0.2) is 0 Å². The minimum Gasteiger partial charge on any atom is -0.392 e. The van der Waals surface area contributed by atoms with Crippen LogP contribution in [0.3, 0.4) is 0 Å². The van der Waals surface area contributed by atoms with Crippen molar-refractivity contribution in [3.8, 4) is 0 Å². The first-order valence-corrected chi connectivity index (χ1v) is 6.73. The third-order valence-electron chi connectivity index (χ3n) is 4.26. The zero-order valence-corrected chi connectivity index (χ0v) is 10.4. The molecule has 1 heterocycles. The molecule has 0 aromatic rings. The van der Waals surface area contributed by atoms with Crippen LogP contribution in [0.5, 0.6) is 0 Å². The lowest BCUT2D eigenvalue weighted by atomic mass is 9.99. The topological polar surface area (TPSA) is 32.7 Å². The highest BCUT2D eigenvalue weighted by Gasteiger charge is 2.26. The summed E-state index contributed by atoms with van der Waals surface area (Å²) in [4.78, 5) is 2.40. The number of ether oxygens (including phenoxy) is 1. The van der Waals surface area contributed by atoms with Gasteiger partial charge in [-0.1, -0.05) is 12.8 Å². The molecular weight excluding hydrogens is 202 g/mol. The molecule has 0 aromatic carbocycles. The van der Waals surface area contributed by atoms with E-state index in [0.29, 0.717) is 12.0 Å². The molecule has 1 aliphatic carbocycles. The number of nitrogens with zero attached hydrogens (tertiary/aromatic N) is 1. The van der Waals surface area contributed by atoms with Crippen LogP contribution in [-0.2, 0) is 4.74 Å². The highest BCUT2D eigenvalue weighted by atomic mass is 16.5. The van der Waals surface area contributed by atoms with Gasteiger partial charge in [0.05, 0.1) is 12.2 Å². The smallest absolute Gasteiger partial charge is 0.0695 e. The van der Waals surface area contributed by atoms with Crippen molar-refractivity contribution in [1.29, 1.82) is 0 Å². The lowest BCUT2D eigenvalue weighted by Crippen LogP contribution is -2.42. The van der Waals surface area contributed by atoms with Gasteiger partial charge in [-0.05, 0) is 31.6 Å². The molecule has 94 valence electrons. The van der Waals surface area contributed by atoms with Crippen LogP contribution < -0.4 is 0 Å². The van der Waals surface area contributed by atoms with Gasteiger partial charge in [-0.15, -0.1) is 0 Å². The second-order valence-corrected chi connectivity index (χ2v) is 5.35. The number of piperidine rings is 1. The van der Waals surface area contributed by atoms with Crippen molar-refractivity contribution >= 4 is 0 Å². The van der Waals surface area contributed by atoms with Crippen molar-refractivity contribution in [2.24, 2.45) is 5.92 Å². The zero-order valence-electron chi connectivity index (χ0n) is 10.4. The van der Waals surface area contributed by atoms with E-state index < -0.39 is 0 Å². The summed E-state index contributed by atoms with van der Waals surface area (Å²) in [6, 6.07) is 0. The Hall–Kier alpha value is -0.120. The quantitative estimate of drug-likeness (QED) is 0.792. The highest BCUT2D eigenvalue weighted by Crippen LogP contribution is 2.28. The van der Waals surface area contributed by atoms with E-state index >= 15 is 0 Å². The molecule has 1 N–H and O–H groups in total. The second-order valence-electron chi connectivity index (χ2n) is 5.35. The van der Waals surface area contributed by atoms with Crippen LogP contribution in [0.15, 0.2) is 0 Å². The van der Waals surface area contributed by atoms with Gasteiger partial charge in [0.25, 0.3) is 0 Å². The SMILES string of the molecule is COC1CCN(CC(O)C2CCCC2)CC1. The summed E-state index contributed by atoms with van der Waals surface area (Å²) in [5.74, 6) is 0.570. The van der Waals surface area contributed by atoms with Gasteiger partial charge >= 0.3 is 0 Å². The monoisotopic (exact) mass is 227 g/mol. The van der Waals surface area contributed by atoms with E-state index in [0.717, 1.165) is 32.5 Å². The van der Waals surface area contributed by atoms with E-state index in [1.807, 2.05) is 0 Å². The third kappa shape index (κ3) is 3.19. The lowest BCUT2D eigenvalue weighted by Gasteiger charge is -2.33. The third-order valence-corrected chi connectivity index (χ3v) is 4.26. The molecule has 1 saturated carbocycles. The maximum absolute atomic E-state index is 10.2. The number of hydrogen-bond acceptors (Lipinski definition) is 3. The highest BCUT2D eigenvalue weighted by molar-refractivity contribution is 4.80. The summed E-state index contributed by atoms with van der Waals surface area (Å²) < 4.78 is 5.36. The second kappa shape index (κ2) is 5.99. The van der Waals surface area contributed by atoms with Gasteiger partial charge in [0.2, 0.25) is 0 Å². The minimum absolute atomic E-state index is 0.0957. The Kier molecular flexibility index (Phi) is 4.62. The number of likely N-dealkylation sites (tertiary alicyclic amines) is 1. The summed E-state index contributed by atoms with van der Waals surface area (Å²) in [7, 11) is 1.80. The van der Waals surface area contributed by atoms with Crippen molar-refractivity contribution in [1.82, 2.24) is 4.90 Å². The van der Waals surface area contributed by atoms with Crippen LogP contribution >= 0.6 is 0 Å². The fourth-order valence-corrected chi connectivity index (χ4v) is 3.08. The van der Waals surface area contributed by atoms with Gasteiger partial charge in [0.15, 0.2) is 0 Å². The molecule has 1 atom stereocenters. The molecular formula is C13H25NO2. The van der Waals surface area contributed by atoms with Crippen LogP contribution in [0.1, 0.15) is 38.5 Å². The largest absolute Gasteiger partial charge is 0.392 e. The molecule has 0 radical (unpaired) electrons. The van der Waals surface area contributed by atoms with Gasteiger partial charge in [0, 0.05) is 26.7 Å². The molecule has 3 nitrogen and oxygen atoms in total. The van der Waals surface area contributed by atoms with E-state index in [1.165, 1.54) is 25.7 Å². The standard InChI is InChI=1S/C13H25NO2/c1-16-12-6-8-14(9-7-12)10-13(15)11-4-2-3-5-11/h11-13,15H,2-10H2,1H3. The number of hydrogen-bond donors (Lipinski definition) is 1. The van der Waals surface area contributed by atoms with Gasteiger partial charge in [-0.3, -0.25) is 0 Å². The van der Waals surface area contributed by atoms with Crippen LogP contribution in [0.2, 0.25) is 0 Å². The van der Waals surface area contributed by atoms with E-state index in [4.69, 9.17) is 4.74 Å². The average Bonchev–Trinajstić information content (AvgIpc) is 2.83. The molecule has 16 heavy (non-hydrogen) atoms. The molecule has 1 saturated heterocycles. The average molecular weight is 227 g/mol. The Morgan fingerprint density at radius 1 is 1.19 bits per heavy atom. The predicted octanol–water partition coefficient (Wildman–Crippen LogP) is 1.65. The van der Waals surface area contributed by atoms with Crippen molar-refractivity contribution in [3.63, 3.8) is 0 Å². The Labute approximate surface area is 98.8 Å². The number of rotatable bonds is 4. The maximum atomic E-state index is 10.2. The molecule has 1 unspecified atom stereocenters. The van der Waals surface area contributed by atoms with E-state index in [9.17, 15) is 5.11 Å². The molecule has 0 amide bonds. The van der Waals surface area contributed by atoms with Crippen molar-refractivity contribution in [3.05, 3.63) is 0 Å². The molecule has 0 aromatic heterocycles. The van der Waals surface area contributed by atoms with Gasteiger partial charge < -0.3 is 14.7 Å². The first kappa shape index (κ1) is 12.3. The Bertz CT molecular complexity index is 196. The molecule has 2 rings (SSSR count). The van der Waals surface area contributed by atoms with Crippen LogP contribution in [0.4, 0.5) is 0 Å². The molecule has 2 fully saturated rings. The van der Waals surface area contributed by atoms with E-state index in [2.05, 4.69) is 4.90 Å². The van der Waals surface area contributed by atoms with Crippen molar-refractivity contribution in [2.45, 2.75) is 50.7 Å². The fourth-order valence-electron chi connectivity index (χ4n) is 3.08. The normalized spacial score (nSPS) is 27.4. The lowest BCUT2D eigenvalue weighted by molar-refractivity contribution is 0.0126. The summed E-state index contributed by atoms with van der Waals surface area (Å²) >= 11 is 0. The van der Waals surface area contributed by atoms with Gasteiger partial charge in [-0.2, -0.15) is 0 Å². The molecule has 1 aliphatic heterocycles. The van der Waals surface area contributed by atoms with Crippen LogP contribution in [0, 0.1) is 5.92 Å². The first-order chi connectivity index (χ1) is 7.79. The van der Waals surface area contributed by atoms with Crippen LogP contribution in [-0.4, -0.2) is 49.0 Å². The van der Waals surface area contributed by atoms with Crippen LogP contribution in [0.25, 0.3) is 0 Å². The number of methoxy groups -OCH3 is 1. The number of aliphatic hydroxyl groups is 1. The number of aliphatic hydroxyl groups excluding tert-OH is 1. The molecule has 3 heteroatoms.